The summed E-state index contributed by atoms with van der Waals surface area (Å²) < 4.78 is 41.3. The van der Waals surface area contributed by atoms with Gasteiger partial charge >= 0.3 is 6.36 Å². The average molecular weight is 401 g/mol. The Morgan fingerprint density at radius 2 is 1.82 bits per heavy atom. The molecule has 28 heavy (non-hydrogen) atoms. The minimum Gasteiger partial charge on any atom is -0.406 e. The first kappa shape index (κ1) is 22.5. The zero-order chi connectivity index (χ0) is 21.1. The highest BCUT2D eigenvalue weighted by molar-refractivity contribution is 5.79. The number of ether oxygens (including phenoxy) is 1. The number of benzene rings is 1. The summed E-state index contributed by atoms with van der Waals surface area (Å²) in [6, 6.07) is 5.46. The number of amides is 1. The molecule has 7 heteroatoms. The lowest BCUT2D eigenvalue weighted by Gasteiger charge is -2.40. The molecule has 1 saturated heterocycles. The number of likely N-dealkylation sites (tertiary alicyclic amines) is 1. The third-order valence-corrected chi connectivity index (χ3v) is 5.35. The van der Waals surface area contributed by atoms with Gasteiger partial charge in [0.05, 0.1) is 5.60 Å². The summed E-state index contributed by atoms with van der Waals surface area (Å²) >= 11 is 0. The molecular weight excluding hydrogens is 371 g/mol. The van der Waals surface area contributed by atoms with Gasteiger partial charge < -0.3 is 14.7 Å². The van der Waals surface area contributed by atoms with Gasteiger partial charge in [-0.25, -0.2) is 0 Å². The van der Waals surface area contributed by atoms with E-state index in [0.29, 0.717) is 24.6 Å². The Morgan fingerprint density at radius 3 is 2.32 bits per heavy atom. The number of carbonyl (C=O) groups excluding carboxylic acids is 1. The standard InChI is InChI=1S/C21H30F3NO3/c1-14(2)12-18(15(3)4)19(26)25-10-8-20(27,9-11-25)16-6-5-7-17(13-16)28-21(22,23)24/h5-7,13-15,18,27H,8-12H2,1-4H3. The molecule has 158 valence electrons. The van der Waals surface area contributed by atoms with Crippen LogP contribution in [0.15, 0.2) is 24.3 Å². The summed E-state index contributed by atoms with van der Waals surface area (Å²) in [6.45, 7) is 9.01. The first-order chi connectivity index (χ1) is 12.9. The molecule has 0 saturated carbocycles. The Labute approximate surface area is 164 Å². The fraction of sp³-hybridized carbons (Fsp3) is 0.667. The Bertz CT molecular complexity index is 665. The lowest BCUT2D eigenvalue weighted by atomic mass is 9.82. The summed E-state index contributed by atoms with van der Waals surface area (Å²) in [6.07, 6.45) is -3.41. The Balaban J connectivity index is 2.07. The van der Waals surface area contributed by atoms with Crippen LogP contribution in [0.25, 0.3) is 0 Å². The quantitative estimate of drug-likeness (QED) is 0.751. The van der Waals surface area contributed by atoms with E-state index in [1.807, 2.05) is 13.8 Å². The first-order valence-electron chi connectivity index (χ1n) is 9.79. The van der Waals surface area contributed by atoms with Gasteiger partial charge in [-0.3, -0.25) is 4.79 Å². The molecule has 1 atom stereocenters. The van der Waals surface area contributed by atoms with E-state index in [1.165, 1.54) is 18.2 Å². The van der Waals surface area contributed by atoms with Crippen molar-refractivity contribution < 1.29 is 27.8 Å². The molecule has 0 aromatic heterocycles. The second-order valence-corrected chi connectivity index (χ2v) is 8.41. The second-order valence-electron chi connectivity index (χ2n) is 8.41. The molecule has 1 unspecified atom stereocenters. The summed E-state index contributed by atoms with van der Waals surface area (Å²) in [4.78, 5) is 14.7. The average Bonchev–Trinajstić information content (AvgIpc) is 2.58. The number of carbonyl (C=O) groups is 1. The van der Waals surface area contributed by atoms with Crippen LogP contribution in [0.2, 0.25) is 0 Å². The number of hydrogen-bond acceptors (Lipinski definition) is 3. The Kier molecular flexibility index (Phi) is 7.02. The molecule has 0 spiro atoms. The van der Waals surface area contributed by atoms with E-state index in [4.69, 9.17) is 0 Å². The minimum atomic E-state index is -4.78. The van der Waals surface area contributed by atoms with Crippen LogP contribution in [0.5, 0.6) is 5.75 Å². The predicted octanol–water partition coefficient (Wildman–Crippen LogP) is 4.71. The zero-order valence-corrected chi connectivity index (χ0v) is 16.9. The zero-order valence-electron chi connectivity index (χ0n) is 16.9. The van der Waals surface area contributed by atoms with Crippen LogP contribution < -0.4 is 4.74 Å². The van der Waals surface area contributed by atoms with Crippen molar-refractivity contribution in [2.45, 2.75) is 58.9 Å². The van der Waals surface area contributed by atoms with Crippen LogP contribution in [0.3, 0.4) is 0 Å². The molecule has 1 aromatic carbocycles. The van der Waals surface area contributed by atoms with Gasteiger partial charge in [-0.2, -0.15) is 0 Å². The lowest BCUT2D eigenvalue weighted by molar-refractivity contribution is -0.274. The molecule has 1 heterocycles. The van der Waals surface area contributed by atoms with Crippen LogP contribution in [-0.2, 0) is 10.4 Å². The van der Waals surface area contributed by atoms with E-state index in [2.05, 4.69) is 18.6 Å². The van der Waals surface area contributed by atoms with E-state index >= 15 is 0 Å². The molecule has 1 aliphatic rings. The fourth-order valence-electron chi connectivity index (χ4n) is 3.77. The van der Waals surface area contributed by atoms with Gasteiger partial charge in [0.2, 0.25) is 5.91 Å². The number of aliphatic hydroxyl groups is 1. The summed E-state index contributed by atoms with van der Waals surface area (Å²) in [5.74, 6) is 0.324. The fourth-order valence-corrected chi connectivity index (χ4v) is 3.77. The maximum absolute atomic E-state index is 12.9. The Morgan fingerprint density at radius 1 is 1.21 bits per heavy atom. The highest BCUT2D eigenvalue weighted by Crippen LogP contribution is 2.36. The van der Waals surface area contributed by atoms with Crippen LogP contribution in [0.4, 0.5) is 13.2 Å². The maximum Gasteiger partial charge on any atom is 0.573 e. The SMILES string of the molecule is CC(C)CC(C(=O)N1CCC(O)(c2cccc(OC(F)(F)F)c2)CC1)C(C)C. The molecule has 1 fully saturated rings. The van der Waals surface area contributed by atoms with Gasteiger partial charge in [0, 0.05) is 19.0 Å². The topological polar surface area (TPSA) is 49.8 Å². The molecule has 4 nitrogen and oxygen atoms in total. The molecule has 1 N–H and O–H groups in total. The lowest BCUT2D eigenvalue weighted by Crippen LogP contribution is -2.48. The number of alkyl halides is 3. The molecule has 0 aliphatic carbocycles. The van der Waals surface area contributed by atoms with Crippen molar-refractivity contribution in [3.63, 3.8) is 0 Å². The smallest absolute Gasteiger partial charge is 0.406 e. The van der Waals surface area contributed by atoms with Crippen molar-refractivity contribution in [3.05, 3.63) is 29.8 Å². The van der Waals surface area contributed by atoms with E-state index in [1.54, 1.807) is 11.0 Å². The van der Waals surface area contributed by atoms with Gasteiger partial charge in [-0.05, 0) is 48.8 Å². The second kappa shape index (κ2) is 8.72. The van der Waals surface area contributed by atoms with Crippen molar-refractivity contribution in [1.82, 2.24) is 4.90 Å². The Hall–Kier alpha value is -1.76. The van der Waals surface area contributed by atoms with Crippen molar-refractivity contribution in [2.24, 2.45) is 17.8 Å². The van der Waals surface area contributed by atoms with E-state index in [9.17, 15) is 23.1 Å². The van der Waals surface area contributed by atoms with Crippen molar-refractivity contribution in [3.8, 4) is 5.75 Å². The molecular formula is C21H30F3NO3. The molecule has 0 radical (unpaired) electrons. The third kappa shape index (κ3) is 5.87. The predicted molar refractivity (Wildman–Crippen MR) is 101 cm³/mol. The van der Waals surface area contributed by atoms with Crippen molar-refractivity contribution in [1.29, 1.82) is 0 Å². The maximum atomic E-state index is 12.9. The number of piperidine rings is 1. The van der Waals surface area contributed by atoms with Crippen molar-refractivity contribution in [2.75, 3.05) is 13.1 Å². The first-order valence-corrected chi connectivity index (χ1v) is 9.79. The molecule has 1 aromatic rings. The van der Waals surface area contributed by atoms with Crippen LogP contribution in [0, 0.1) is 17.8 Å². The highest BCUT2D eigenvalue weighted by Gasteiger charge is 2.38. The van der Waals surface area contributed by atoms with Gasteiger partial charge in [0.25, 0.3) is 0 Å². The summed E-state index contributed by atoms with van der Waals surface area (Å²) in [7, 11) is 0. The highest BCUT2D eigenvalue weighted by atomic mass is 19.4. The van der Waals surface area contributed by atoms with Gasteiger partial charge in [0.15, 0.2) is 0 Å². The van der Waals surface area contributed by atoms with Gasteiger partial charge in [-0.15, -0.1) is 13.2 Å². The van der Waals surface area contributed by atoms with Crippen LogP contribution in [-0.4, -0.2) is 35.4 Å². The third-order valence-electron chi connectivity index (χ3n) is 5.35. The van der Waals surface area contributed by atoms with Crippen LogP contribution in [0.1, 0.15) is 52.5 Å². The number of rotatable bonds is 6. The van der Waals surface area contributed by atoms with E-state index in [0.717, 1.165) is 6.42 Å². The monoisotopic (exact) mass is 401 g/mol. The normalized spacial score (nSPS) is 18.4. The van der Waals surface area contributed by atoms with Crippen LogP contribution >= 0.6 is 0 Å². The molecule has 0 bridgehead atoms. The largest absolute Gasteiger partial charge is 0.573 e. The molecule has 2 rings (SSSR count). The number of nitrogens with zero attached hydrogens (tertiary/aromatic N) is 1. The summed E-state index contributed by atoms with van der Waals surface area (Å²) in [5.41, 5.74) is -0.892. The number of halogens is 3. The summed E-state index contributed by atoms with van der Waals surface area (Å²) in [5, 5.41) is 11.0. The molecule has 1 aliphatic heterocycles. The van der Waals surface area contributed by atoms with Gasteiger partial charge in [-0.1, -0.05) is 39.8 Å². The van der Waals surface area contributed by atoms with Gasteiger partial charge in [0.1, 0.15) is 5.75 Å². The van der Waals surface area contributed by atoms with E-state index in [-0.39, 0.29) is 36.3 Å². The van der Waals surface area contributed by atoms with E-state index < -0.39 is 12.0 Å². The molecule has 1 amide bonds. The minimum absolute atomic E-state index is 0.0605. The van der Waals surface area contributed by atoms with Crippen molar-refractivity contribution >= 4 is 5.91 Å². The number of hydrogen-bond donors (Lipinski definition) is 1.